The maximum atomic E-state index is 11.5. The number of hydrogen-bond donors (Lipinski definition) is 0. The van der Waals surface area contributed by atoms with Gasteiger partial charge in [0, 0.05) is 23.5 Å². The number of azide groups is 1. The van der Waals surface area contributed by atoms with Crippen LogP contribution in [0.1, 0.15) is 10.4 Å². The highest BCUT2D eigenvalue weighted by Gasteiger charge is 2.16. The molecule has 17 heavy (non-hydrogen) atoms. The number of rotatable bonds is 2. The number of aryl methyl sites for hydroxylation is 1. The van der Waals surface area contributed by atoms with Crippen LogP contribution in [-0.4, -0.2) is 27.8 Å². The molecule has 2 aromatic rings. The molecule has 0 bridgehead atoms. The van der Waals surface area contributed by atoms with Gasteiger partial charge in [0.05, 0.1) is 24.6 Å². The Kier molecular flexibility index (Phi) is 2.63. The van der Waals surface area contributed by atoms with E-state index in [4.69, 9.17) is 5.53 Å². The number of pyridine rings is 1. The van der Waals surface area contributed by atoms with Crippen molar-refractivity contribution in [3.05, 3.63) is 28.4 Å². The second-order valence-corrected chi connectivity index (χ2v) is 3.21. The molecule has 2 rings (SSSR count). The third kappa shape index (κ3) is 1.66. The van der Waals surface area contributed by atoms with E-state index in [1.165, 1.54) is 24.2 Å². The highest BCUT2D eigenvalue weighted by atomic mass is 16.5. The van der Waals surface area contributed by atoms with E-state index >= 15 is 0 Å². The molecule has 0 fully saturated rings. The van der Waals surface area contributed by atoms with Crippen LogP contribution in [-0.2, 0) is 11.8 Å². The van der Waals surface area contributed by atoms with Crippen molar-refractivity contribution in [1.29, 1.82) is 0 Å². The Bertz CT molecular complexity index is 640. The lowest BCUT2D eigenvalue weighted by atomic mass is 10.2. The van der Waals surface area contributed by atoms with Crippen LogP contribution in [0.15, 0.2) is 17.5 Å². The van der Waals surface area contributed by atoms with Gasteiger partial charge in [0.25, 0.3) is 0 Å². The SMILES string of the molecule is COC(=O)c1cnc2c(cnn2C)c1N=[N+]=[N-]. The molecule has 2 aromatic heterocycles. The molecule has 8 nitrogen and oxygen atoms in total. The fraction of sp³-hybridized carbons (Fsp3) is 0.222. The van der Waals surface area contributed by atoms with Gasteiger partial charge < -0.3 is 4.74 Å². The number of carbonyl (C=O) groups is 1. The van der Waals surface area contributed by atoms with E-state index in [0.29, 0.717) is 11.0 Å². The van der Waals surface area contributed by atoms with Crippen LogP contribution >= 0.6 is 0 Å². The zero-order valence-electron chi connectivity index (χ0n) is 9.15. The Morgan fingerprint density at radius 1 is 1.59 bits per heavy atom. The topological polar surface area (TPSA) is 106 Å². The highest BCUT2D eigenvalue weighted by Crippen LogP contribution is 2.28. The van der Waals surface area contributed by atoms with Gasteiger partial charge in [-0.3, -0.25) is 4.68 Å². The third-order valence-electron chi connectivity index (χ3n) is 2.28. The Hall–Kier alpha value is -2.60. The predicted octanol–water partition coefficient (Wildman–Crippen LogP) is 1.70. The summed E-state index contributed by atoms with van der Waals surface area (Å²) in [6.45, 7) is 0. The summed E-state index contributed by atoms with van der Waals surface area (Å²) >= 11 is 0. The second-order valence-electron chi connectivity index (χ2n) is 3.21. The quantitative estimate of drug-likeness (QED) is 0.340. The average molecular weight is 232 g/mol. The van der Waals surface area contributed by atoms with Crippen molar-refractivity contribution in [2.45, 2.75) is 0 Å². The zero-order chi connectivity index (χ0) is 12.4. The standard InChI is InChI=1S/C9H8N6O2/c1-15-8-5(4-12-15)7(13-14-10)6(3-11-8)9(16)17-2/h3-4H,1-2H3. The van der Waals surface area contributed by atoms with Crippen LogP contribution in [0.2, 0.25) is 0 Å². The molecule has 0 radical (unpaired) electrons. The summed E-state index contributed by atoms with van der Waals surface area (Å²) in [5.74, 6) is -0.606. The summed E-state index contributed by atoms with van der Waals surface area (Å²) in [6.07, 6.45) is 2.79. The van der Waals surface area contributed by atoms with Gasteiger partial charge in [0.15, 0.2) is 5.65 Å². The number of nitrogens with zero attached hydrogens (tertiary/aromatic N) is 6. The van der Waals surface area contributed by atoms with E-state index in [2.05, 4.69) is 24.8 Å². The average Bonchev–Trinajstić information content (AvgIpc) is 2.71. The fourth-order valence-corrected chi connectivity index (χ4v) is 1.49. The molecule has 0 spiro atoms. The van der Waals surface area contributed by atoms with Crippen molar-refractivity contribution >= 4 is 22.7 Å². The van der Waals surface area contributed by atoms with Crippen LogP contribution in [0.25, 0.3) is 21.5 Å². The fourth-order valence-electron chi connectivity index (χ4n) is 1.49. The zero-order valence-corrected chi connectivity index (χ0v) is 9.15. The molecular formula is C9H8N6O2. The van der Waals surface area contributed by atoms with Crippen molar-refractivity contribution in [3.8, 4) is 0 Å². The molecule has 0 aliphatic heterocycles. The minimum atomic E-state index is -0.606. The lowest BCUT2D eigenvalue weighted by Crippen LogP contribution is -2.03. The first kappa shape index (κ1) is 10.9. The Balaban J connectivity index is 2.81. The van der Waals surface area contributed by atoms with Gasteiger partial charge in [-0.15, -0.1) is 0 Å². The van der Waals surface area contributed by atoms with Gasteiger partial charge in [-0.05, 0) is 5.53 Å². The molecule has 0 N–H and O–H groups in total. The predicted molar refractivity (Wildman–Crippen MR) is 58.7 cm³/mol. The molecule has 0 aromatic carbocycles. The van der Waals surface area contributed by atoms with Crippen LogP contribution in [0.3, 0.4) is 0 Å². The number of carbonyl (C=O) groups excluding carboxylic acids is 1. The first-order valence-corrected chi connectivity index (χ1v) is 4.63. The van der Waals surface area contributed by atoms with Crippen molar-refractivity contribution < 1.29 is 9.53 Å². The molecule has 0 saturated heterocycles. The minimum Gasteiger partial charge on any atom is -0.465 e. The van der Waals surface area contributed by atoms with Gasteiger partial charge in [0.2, 0.25) is 0 Å². The van der Waals surface area contributed by atoms with E-state index in [0.717, 1.165) is 0 Å². The highest BCUT2D eigenvalue weighted by molar-refractivity contribution is 6.02. The van der Waals surface area contributed by atoms with Crippen LogP contribution in [0.4, 0.5) is 5.69 Å². The molecule has 86 valence electrons. The molecular weight excluding hydrogens is 224 g/mol. The number of methoxy groups -OCH3 is 1. The molecule has 0 atom stereocenters. The smallest absolute Gasteiger partial charge is 0.339 e. The number of ether oxygens (including phenoxy) is 1. The van der Waals surface area contributed by atoms with Crippen molar-refractivity contribution in [1.82, 2.24) is 14.8 Å². The van der Waals surface area contributed by atoms with Crippen LogP contribution < -0.4 is 0 Å². The van der Waals surface area contributed by atoms with E-state index in [1.807, 2.05) is 0 Å². The molecule has 0 unspecified atom stereocenters. The maximum Gasteiger partial charge on any atom is 0.339 e. The van der Waals surface area contributed by atoms with Crippen molar-refractivity contribution in [3.63, 3.8) is 0 Å². The van der Waals surface area contributed by atoms with E-state index in [9.17, 15) is 4.79 Å². The normalized spacial score (nSPS) is 10.0. The van der Waals surface area contributed by atoms with Crippen LogP contribution in [0, 0.1) is 0 Å². The Morgan fingerprint density at radius 3 is 3.00 bits per heavy atom. The number of esters is 1. The summed E-state index contributed by atoms with van der Waals surface area (Å²) in [7, 11) is 2.95. The largest absolute Gasteiger partial charge is 0.465 e. The molecule has 8 heteroatoms. The van der Waals surface area contributed by atoms with Gasteiger partial charge in [-0.25, -0.2) is 9.78 Å². The van der Waals surface area contributed by atoms with E-state index in [-0.39, 0.29) is 11.3 Å². The molecule has 0 aliphatic rings. The number of fused-ring (bicyclic) bond motifs is 1. The lowest BCUT2D eigenvalue weighted by molar-refractivity contribution is 0.0601. The van der Waals surface area contributed by atoms with Crippen molar-refractivity contribution in [2.24, 2.45) is 12.2 Å². The molecule has 2 heterocycles. The first-order chi connectivity index (χ1) is 8.19. The Labute approximate surface area is 95.4 Å². The molecule has 0 amide bonds. The second kappa shape index (κ2) is 4.11. The maximum absolute atomic E-state index is 11.5. The summed E-state index contributed by atoms with van der Waals surface area (Å²) in [5.41, 5.74) is 9.35. The Morgan fingerprint density at radius 2 is 2.35 bits per heavy atom. The van der Waals surface area contributed by atoms with Crippen molar-refractivity contribution in [2.75, 3.05) is 7.11 Å². The number of aromatic nitrogens is 3. The van der Waals surface area contributed by atoms with Gasteiger partial charge in [0.1, 0.15) is 0 Å². The van der Waals surface area contributed by atoms with E-state index in [1.54, 1.807) is 7.05 Å². The summed E-state index contributed by atoms with van der Waals surface area (Å²) in [5, 5.41) is 7.99. The minimum absolute atomic E-state index is 0.116. The van der Waals surface area contributed by atoms with Gasteiger partial charge in [-0.2, -0.15) is 5.10 Å². The molecule has 0 aliphatic carbocycles. The third-order valence-corrected chi connectivity index (χ3v) is 2.28. The first-order valence-electron chi connectivity index (χ1n) is 4.63. The summed E-state index contributed by atoms with van der Waals surface area (Å²) in [4.78, 5) is 18.3. The lowest BCUT2D eigenvalue weighted by Gasteiger charge is -2.03. The van der Waals surface area contributed by atoms with Gasteiger partial charge >= 0.3 is 5.97 Å². The van der Waals surface area contributed by atoms with Gasteiger partial charge in [-0.1, -0.05) is 5.11 Å². The van der Waals surface area contributed by atoms with E-state index < -0.39 is 5.97 Å². The van der Waals surface area contributed by atoms with Crippen LogP contribution in [0.5, 0.6) is 0 Å². The molecule has 0 saturated carbocycles. The summed E-state index contributed by atoms with van der Waals surface area (Å²) in [6, 6.07) is 0. The summed E-state index contributed by atoms with van der Waals surface area (Å²) < 4.78 is 6.11. The monoisotopic (exact) mass is 232 g/mol. The number of hydrogen-bond acceptors (Lipinski definition) is 5.